The number of nitrogens with two attached hydrogens (primary N) is 1. The van der Waals surface area contributed by atoms with Gasteiger partial charge in [0.1, 0.15) is 5.84 Å². The van der Waals surface area contributed by atoms with Crippen LogP contribution in [0.1, 0.15) is 17.9 Å². The molecule has 0 spiro atoms. The maximum Gasteiger partial charge on any atom is 0.140 e. The van der Waals surface area contributed by atoms with E-state index in [4.69, 9.17) is 10.9 Å². The van der Waals surface area contributed by atoms with Crippen molar-refractivity contribution in [1.29, 1.82) is 0 Å². The van der Waals surface area contributed by atoms with Crippen molar-refractivity contribution in [3.8, 4) is 0 Å². The summed E-state index contributed by atoms with van der Waals surface area (Å²) in [6.07, 6.45) is 0.606. The predicted octanol–water partition coefficient (Wildman–Crippen LogP) is 1.94. The van der Waals surface area contributed by atoms with Crippen molar-refractivity contribution in [3.63, 3.8) is 0 Å². The van der Waals surface area contributed by atoms with Crippen molar-refractivity contribution in [2.24, 2.45) is 10.9 Å². The average Bonchev–Trinajstić information content (AvgIpc) is 2.79. The molecule has 0 bridgehead atoms. The van der Waals surface area contributed by atoms with E-state index >= 15 is 0 Å². The van der Waals surface area contributed by atoms with Gasteiger partial charge in [-0.1, -0.05) is 23.4 Å². The highest BCUT2D eigenvalue weighted by Gasteiger charge is 2.23. The lowest BCUT2D eigenvalue weighted by atomic mass is 10.0. The molecule has 98 valence electrons. The lowest BCUT2D eigenvalue weighted by molar-refractivity contribution is 0.307. The third-order valence-electron chi connectivity index (χ3n) is 3.21. The molecule has 0 aromatic heterocycles. The first-order valence-electron chi connectivity index (χ1n) is 6.07. The second-order valence-electron chi connectivity index (χ2n) is 4.65. The Morgan fingerprint density at radius 2 is 2.33 bits per heavy atom. The van der Waals surface area contributed by atoms with Gasteiger partial charge in [0.25, 0.3) is 0 Å². The summed E-state index contributed by atoms with van der Waals surface area (Å²) >= 11 is 1.93. The molecule has 0 saturated carbocycles. The van der Waals surface area contributed by atoms with Gasteiger partial charge in [-0.2, -0.15) is 0 Å². The number of hydrogen-bond acceptors (Lipinski definition) is 4. The standard InChI is InChI=1S/C13H19N3OS/c1-16(7-6-13(14)15-17)8-10-9-18-12-5-3-2-4-11(10)12/h2-5,10,17H,6-9H2,1H3,(H2,14,15). The Kier molecular flexibility index (Phi) is 4.49. The minimum atomic E-state index is 0.294. The van der Waals surface area contributed by atoms with E-state index in [2.05, 4.69) is 41.4 Å². The van der Waals surface area contributed by atoms with Gasteiger partial charge in [-0.05, 0) is 18.7 Å². The molecule has 2 rings (SSSR count). The van der Waals surface area contributed by atoms with Crippen LogP contribution in [0, 0.1) is 0 Å². The topological polar surface area (TPSA) is 61.8 Å². The highest BCUT2D eigenvalue weighted by atomic mass is 32.2. The second-order valence-corrected chi connectivity index (χ2v) is 5.71. The number of oxime groups is 1. The molecule has 1 aliphatic rings. The molecule has 4 nitrogen and oxygen atoms in total. The van der Waals surface area contributed by atoms with Crippen LogP contribution in [-0.2, 0) is 0 Å². The van der Waals surface area contributed by atoms with E-state index in [1.54, 1.807) is 0 Å². The number of rotatable bonds is 5. The average molecular weight is 265 g/mol. The summed E-state index contributed by atoms with van der Waals surface area (Å²) in [7, 11) is 2.08. The van der Waals surface area contributed by atoms with Crippen LogP contribution >= 0.6 is 11.8 Å². The van der Waals surface area contributed by atoms with Crippen LogP contribution < -0.4 is 5.73 Å². The molecule has 18 heavy (non-hydrogen) atoms. The minimum absolute atomic E-state index is 0.294. The van der Waals surface area contributed by atoms with E-state index in [0.717, 1.165) is 18.8 Å². The summed E-state index contributed by atoms with van der Waals surface area (Å²) in [5.41, 5.74) is 6.93. The molecule has 0 fully saturated rings. The number of nitrogens with zero attached hydrogens (tertiary/aromatic N) is 2. The minimum Gasteiger partial charge on any atom is -0.409 e. The van der Waals surface area contributed by atoms with Crippen LogP contribution in [0.2, 0.25) is 0 Å². The molecule has 1 aromatic rings. The van der Waals surface area contributed by atoms with E-state index in [9.17, 15) is 0 Å². The van der Waals surface area contributed by atoms with E-state index in [1.165, 1.54) is 10.5 Å². The summed E-state index contributed by atoms with van der Waals surface area (Å²) in [6, 6.07) is 8.61. The van der Waals surface area contributed by atoms with E-state index in [0.29, 0.717) is 18.2 Å². The van der Waals surface area contributed by atoms with Gasteiger partial charge in [-0.15, -0.1) is 11.8 Å². The lowest BCUT2D eigenvalue weighted by Crippen LogP contribution is -2.28. The molecule has 1 aliphatic heterocycles. The number of likely N-dealkylation sites (N-methyl/N-ethyl adjacent to an activating group) is 1. The zero-order valence-corrected chi connectivity index (χ0v) is 11.4. The van der Waals surface area contributed by atoms with Gasteiger partial charge in [0, 0.05) is 36.1 Å². The Labute approximate surface area is 112 Å². The van der Waals surface area contributed by atoms with Crippen LogP contribution in [0.15, 0.2) is 34.3 Å². The molecule has 1 atom stereocenters. The molecular formula is C13H19N3OS. The van der Waals surface area contributed by atoms with Gasteiger partial charge < -0.3 is 15.8 Å². The third-order valence-corrected chi connectivity index (χ3v) is 4.46. The molecule has 0 aliphatic carbocycles. The molecule has 3 N–H and O–H groups in total. The zero-order valence-electron chi connectivity index (χ0n) is 10.5. The first-order valence-corrected chi connectivity index (χ1v) is 7.06. The Bertz CT molecular complexity index is 436. The summed E-state index contributed by atoms with van der Waals surface area (Å²) in [5, 5.41) is 11.5. The Balaban J connectivity index is 1.88. The molecule has 1 heterocycles. The van der Waals surface area contributed by atoms with Crippen molar-refractivity contribution < 1.29 is 5.21 Å². The van der Waals surface area contributed by atoms with E-state index in [-0.39, 0.29) is 0 Å². The highest BCUT2D eigenvalue weighted by molar-refractivity contribution is 7.99. The number of fused-ring (bicyclic) bond motifs is 1. The normalized spacial score (nSPS) is 19.2. The Morgan fingerprint density at radius 3 is 3.11 bits per heavy atom. The zero-order chi connectivity index (χ0) is 13.0. The van der Waals surface area contributed by atoms with E-state index in [1.807, 2.05) is 11.8 Å². The molecular weight excluding hydrogens is 246 g/mol. The molecule has 5 heteroatoms. The SMILES string of the molecule is CN(CCC(N)=NO)CC1CSc2ccccc21. The van der Waals surface area contributed by atoms with Crippen molar-refractivity contribution in [1.82, 2.24) is 4.90 Å². The van der Waals surface area contributed by atoms with Gasteiger partial charge in [0.15, 0.2) is 0 Å². The number of amidine groups is 1. The number of benzene rings is 1. The largest absolute Gasteiger partial charge is 0.409 e. The van der Waals surface area contributed by atoms with Crippen LogP contribution in [0.3, 0.4) is 0 Å². The first kappa shape index (κ1) is 13.2. The lowest BCUT2D eigenvalue weighted by Gasteiger charge is -2.20. The second kappa shape index (κ2) is 6.11. The predicted molar refractivity (Wildman–Crippen MR) is 75.4 cm³/mol. The van der Waals surface area contributed by atoms with Crippen molar-refractivity contribution in [2.75, 3.05) is 25.9 Å². The van der Waals surface area contributed by atoms with Gasteiger partial charge in [-0.3, -0.25) is 0 Å². The fourth-order valence-electron chi connectivity index (χ4n) is 2.20. The molecule has 0 saturated heterocycles. The third kappa shape index (κ3) is 3.17. The quantitative estimate of drug-likeness (QED) is 0.370. The van der Waals surface area contributed by atoms with Crippen LogP contribution in [0.25, 0.3) is 0 Å². The summed E-state index contributed by atoms with van der Waals surface area (Å²) < 4.78 is 0. The molecule has 0 radical (unpaired) electrons. The monoisotopic (exact) mass is 265 g/mol. The van der Waals surface area contributed by atoms with Gasteiger partial charge >= 0.3 is 0 Å². The summed E-state index contributed by atoms with van der Waals surface area (Å²) in [5.74, 6) is 2.03. The Morgan fingerprint density at radius 1 is 1.56 bits per heavy atom. The van der Waals surface area contributed by atoms with Crippen molar-refractivity contribution in [3.05, 3.63) is 29.8 Å². The summed E-state index contributed by atoms with van der Waals surface area (Å²) in [6.45, 7) is 1.84. The maximum atomic E-state index is 8.50. The van der Waals surface area contributed by atoms with Crippen LogP contribution in [-0.4, -0.2) is 41.8 Å². The number of thioether (sulfide) groups is 1. The fraction of sp³-hybridized carbons (Fsp3) is 0.462. The van der Waals surface area contributed by atoms with Gasteiger partial charge in [0.2, 0.25) is 0 Å². The fourth-order valence-corrected chi connectivity index (χ4v) is 3.45. The van der Waals surface area contributed by atoms with Gasteiger partial charge in [-0.25, -0.2) is 0 Å². The highest BCUT2D eigenvalue weighted by Crippen LogP contribution is 2.39. The smallest absolute Gasteiger partial charge is 0.140 e. The molecule has 0 amide bonds. The van der Waals surface area contributed by atoms with E-state index < -0.39 is 0 Å². The molecule has 1 unspecified atom stereocenters. The summed E-state index contributed by atoms with van der Waals surface area (Å²) in [4.78, 5) is 3.65. The van der Waals surface area contributed by atoms with Crippen LogP contribution in [0.5, 0.6) is 0 Å². The number of hydrogen-bond donors (Lipinski definition) is 2. The maximum absolute atomic E-state index is 8.50. The molecule has 1 aromatic carbocycles. The first-order chi connectivity index (χ1) is 8.70. The van der Waals surface area contributed by atoms with Gasteiger partial charge in [0.05, 0.1) is 0 Å². The van der Waals surface area contributed by atoms with Crippen molar-refractivity contribution >= 4 is 17.6 Å². The Hall–Kier alpha value is -1.20. The van der Waals surface area contributed by atoms with Crippen molar-refractivity contribution in [2.45, 2.75) is 17.2 Å². The van der Waals surface area contributed by atoms with Crippen LogP contribution in [0.4, 0.5) is 0 Å².